The number of hydrogen-bond acceptors (Lipinski definition) is 6. The number of rotatable bonds is 7. The average molecular weight is 431 g/mol. The van der Waals surface area contributed by atoms with E-state index in [2.05, 4.69) is 5.32 Å². The molecule has 0 radical (unpaired) electrons. The van der Waals surface area contributed by atoms with Crippen LogP contribution in [0.2, 0.25) is 5.02 Å². The number of halogens is 1. The van der Waals surface area contributed by atoms with Gasteiger partial charge in [-0.05, 0) is 42.8 Å². The molecule has 1 fully saturated rings. The van der Waals surface area contributed by atoms with E-state index in [0.717, 1.165) is 4.90 Å². The molecule has 1 heterocycles. The Hall–Kier alpha value is -3.52. The monoisotopic (exact) mass is 430 g/mol. The molecule has 0 unspecified atom stereocenters. The Bertz CT molecular complexity index is 1010. The number of para-hydroxylation sites is 1. The zero-order valence-corrected chi connectivity index (χ0v) is 17.1. The van der Waals surface area contributed by atoms with Gasteiger partial charge < -0.3 is 19.5 Å². The molecule has 2 aromatic carbocycles. The fraction of sp³-hybridized carbons (Fsp3) is 0.190. The molecule has 8 nitrogen and oxygen atoms in total. The van der Waals surface area contributed by atoms with Gasteiger partial charge in [-0.1, -0.05) is 29.8 Å². The van der Waals surface area contributed by atoms with E-state index in [9.17, 15) is 14.4 Å². The van der Waals surface area contributed by atoms with Crippen molar-refractivity contribution in [2.24, 2.45) is 0 Å². The van der Waals surface area contributed by atoms with Gasteiger partial charge >= 0.3 is 12.0 Å². The number of carbonyl (C=O) groups is 3. The first-order chi connectivity index (χ1) is 14.4. The van der Waals surface area contributed by atoms with E-state index in [1.807, 2.05) is 0 Å². The summed E-state index contributed by atoms with van der Waals surface area (Å²) in [6.45, 7) is 1.60. The molecule has 1 N–H and O–H groups in total. The van der Waals surface area contributed by atoms with Gasteiger partial charge in [-0.2, -0.15) is 0 Å². The zero-order chi connectivity index (χ0) is 21.7. The first kappa shape index (κ1) is 21.2. The van der Waals surface area contributed by atoms with Crippen LogP contribution in [0.5, 0.6) is 11.5 Å². The largest absolute Gasteiger partial charge is 0.493 e. The zero-order valence-electron chi connectivity index (χ0n) is 16.3. The molecule has 0 aliphatic carbocycles. The average Bonchev–Trinajstić information content (AvgIpc) is 3.00. The number of nitrogens with zero attached hydrogens (tertiary/aromatic N) is 1. The van der Waals surface area contributed by atoms with Crippen LogP contribution in [-0.2, 0) is 14.3 Å². The van der Waals surface area contributed by atoms with E-state index in [-0.39, 0.29) is 35.4 Å². The molecule has 1 saturated heterocycles. The molecule has 3 rings (SSSR count). The number of nitrogens with one attached hydrogen (secondary N) is 1. The van der Waals surface area contributed by atoms with Crippen molar-refractivity contribution in [3.05, 3.63) is 58.7 Å². The molecule has 0 spiro atoms. The lowest BCUT2D eigenvalue weighted by Gasteiger charge is -2.13. The fourth-order valence-corrected chi connectivity index (χ4v) is 3.08. The number of anilines is 1. The summed E-state index contributed by atoms with van der Waals surface area (Å²) in [4.78, 5) is 37.5. The fourth-order valence-electron chi connectivity index (χ4n) is 2.81. The van der Waals surface area contributed by atoms with E-state index >= 15 is 0 Å². The van der Waals surface area contributed by atoms with Crippen LogP contribution in [0.15, 0.2) is 48.2 Å². The highest BCUT2D eigenvalue weighted by atomic mass is 35.5. The van der Waals surface area contributed by atoms with Gasteiger partial charge in [0.05, 0.1) is 24.4 Å². The second-order valence-electron chi connectivity index (χ2n) is 6.09. The molecule has 0 bridgehead atoms. The summed E-state index contributed by atoms with van der Waals surface area (Å²) in [7, 11) is 1.42. The standard InChI is InChI=1S/C21H19ClN2O6/c1-3-29-18(25)12-30-19-15(22)9-13(11-17(19)28-2)10-16-20(26)24(21(27)23-16)14-7-5-4-6-8-14/h4-11H,3,12H2,1-2H3,(H,23,27). The van der Waals surface area contributed by atoms with Gasteiger partial charge in [0.1, 0.15) is 5.70 Å². The van der Waals surface area contributed by atoms with Crippen molar-refractivity contribution in [2.75, 3.05) is 25.2 Å². The van der Waals surface area contributed by atoms with E-state index in [1.165, 1.54) is 19.3 Å². The van der Waals surface area contributed by atoms with E-state index < -0.39 is 17.9 Å². The van der Waals surface area contributed by atoms with Crippen LogP contribution in [0, 0.1) is 0 Å². The predicted molar refractivity (Wildman–Crippen MR) is 111 cm³/mol. The quantitative estimate of drug-likeness (QED) is 0.411. The Kier molecular flexibility index (Phi) is 6.58. The van der Waals surface area contributed by atoms with Crippen molar-refractivity contribution in [1.29, 1.82) is 0 Å². The lowest BCUT2D eigenvalue weighted by Crippen LogP contribution is -2.30. The highest BCUT2D eigenvalue weighted by Gasteiger charge is 2.34. The van der Waals surface area contributed by atoms with E-state index in [4.69, 9.17) is 25.8 Å². The lowest BCUT2D eigenvalue weighted by atomic mass is 10.1. The van der Waals surface area contributed by atoms with Gasteiger partial charge in [-0.3, -0.25) is 4.79 Å². The van der Waals surface area contributed by atoms with Crippen LogP contribution in [0.1, 0.15) is 12.5 Å². The molecule has 1 aliphatic heterocycles. The van der Waals surface area contributed by atoms with Crippen molar-refractivity contribution in [1.82, 2.24) is 5.32 Å². The number of amides is 3. The second-order valence-corrected chi connectivity index (χ2v) is 6.50. The van der Waals surface area contributed by atoms with Crippen molar-refractivity contribution in [2.45, 2.75) is 6.92 Å². The third-order valence-electron chi connectivity index (χ3n) is 4.10. The predicted octanol–water partition coefficient (Wildman–Crippen LogP) is 3.39. The molecule has 9 heteroatoms. The SMILES string of the molecule is CCOC(=O)COc1c(Cl)cc(C=C2NC(=O)N(c3ccccc3)C2=O)cc1OC. The number of methoxy groups -OCH3 is 1. The molecule has 3 amide bonds. The van der Waals surface area contributed by atoms with Crippen molar-refractivity contribution in [3.63, 3.8) is 0 Å². The smallest absolute Gasteiger partial charge is 0.344 e. The van der Waals surface area contributed by atoms with Crippen LogP contribution in [0.3, 0.4) is 0 Å². The van der Waals surface area contributed by atoms with Gasteiger partial charge in [0.15, 0.2) is 18.1 Å². The molecule has 0 atom stereocenters. The van der Waals surface area contributed by atoms with E-state index in [0.29, 0.717) is 11.3 Å². The summed E-state index contributed by atoms with van der Waals surface area (Å²) in [6, 6.07) is 11.1. The van der Waals surface area contributed by atoms with Crippen LogP contribution in [0.25, 0.3) is 6.08 Å². The van der Waals surface area contributed by atoms with Crippen LogP contribution >= 0.6 is 11.6 Å². The minimum atomic E-state index is -0.551. The maximum Gasteiger partial charge on any atom is 0.344 e. The van der Waals surface area contributed by atoms with Crippen LogP contribution < -0.4 is 19.7 Å². The first-order valence-electron chi connectivity index (χ1n) is 9.02. The summed E-state index contributed by atoms with van der Waals surface area (Å²) < 4.78 is 15.5. The summed E-state index contributed by atoms with van der Waals surface area (Å²) in [6.07, 6.45) is 1.48. The van der Waals surface area contributed by atoms with Crippen molar-refractivity contribution >= 4 is 41.3 Å². The van der Waals surface area contributed by atoms with Gasteiger partial charge in [-0.15, -0.1) is 0 Å². The number of urea groups is 1. The van der Waals surface area contributed by atoms with E-state index in [1.54, 1.807) is 43.3 Å². The topological polar surface area (TPSA) is 94.2 Å². The Morgan fingerprint density at radius 3 is 2.60 bits per heavy atom. The number of esters is 1. The van der Waals surface area contributed by atoms with Crippen molar-refractivity contribution < 1.29 is 28.6 Å². The number of imide groups is 1. The van der Waals surface area contributed by atoms with Gasteiger partial charge in [0, 0.05) is 0 Å². The Morgan fingerprint density at radius 2 is 1.93 bits per heavy atom. The maximum atomic E-state index is 12.7. The summed E-state index contributed by atoms with van der Waals surface area (Å²) in [5.74, 6) is -0.608. The molecule has 0 aromatic heterocycles. The summed E-state index contributed by atoms with van der Waals surface area (Å²) >= 11 is 6.28. The number of hydrogen-bond donors (Lipinski definition) is 1. The Labute approximate surface area is 178 Å². The molecular formula is C21H19ClN2O6. The molecule has 0 saturated carbocycles. The lowest BCUT2D eigenvalue weighted by molar-refractivity contribution is -0.145. The first-order valence-corrected chi connectivity index (χ1v) is 9.40. The minimum Gasteiger partial charge on any atom is -0.493 e. The molecule has 156 valence electrons. The summed E-state index contributed by atoms with van der Waals surface area (Å²) in [5.41, 5.74) is 1.04. The maximum absolute atomic E-state index is 12.7. The number of benzene rings is 2. The Morgan fingerprint density at radius 1 is 1.20 bits per heavy atom. The second kappa shape index (κ2) is 9.32. The van der Waals surface area contributed by atoms with Gasteiger partial charge in [0.25, 0.3) is 5.91 Å². The Balaban J connectivity index is 1.85. The molecular weight excluding hydrogens is 412 g/mol. The normalized spacial score (nSPS) is 14.6. The van der Waals surface area contributed by atoms with Gasteiger partial charge in [-0.25, -0.2) is 14.5 Å². The molecule has 1 aliphatic rings. The highest BCUT2D eigenvalue weighted by molar-refractivity contribution is 6.32. The third-order valence-corrected chi connectivity index (χ3v) is 4.38. The van der Waals surface area contributed by atoms with Crippen LogP contribution in [-0.4, -0.2) is 38.2 Å². The molecule has 2 aromatic rings. The highest BCUT2D eigenvalue weighted by Crippen LogP contribution is 2.37. The van der Waals surface area contributed by atoms with Gasteiger partial charge in [0.2, 0.25) is 0 Å². The third kappa shape index (κ3) is 4.55. The van der Waals surface area contributed by atoms with Crippen molar-refractivity contribution in [3.8, 4) is 11.5 Å². The summed E-state index contributed by atoms with van der Waals surface area (Å²) in [5, 5.41) is 2.72. The number of carbonyl (C=O) groups excluding carboxylic acids is 3. The molecule has 30 heavy (non-hydrogen) atoms. The minimum absolute atomic E-state index is 0.0853. The number of ether oxygens (including phenoxy) is 3. The van der Waals surface area contributed by atoms with Crippen LogP contribution in [0.4, 0.5) is 10.5 Å².